The van der Waals surface area contributed by atoms with Gasteiger partial charge in [0.15, 0.2) is 0 Å². The van der Waals surface area contributed by atoms with E-state index in [0.29, 0.717) is 24.3 Å². The van der Waals surface area contributed by atoms with Gasteiger partial charge in [-0.05, 0) is 42.5 Å². The average Bonchev–Trinajstić information content (AvgIpc) is 2.68. The molecule has 0 aromatic heterocycles. The highest BCUT2D eigenvalue weighted by Gasteiger charge is 2.29. The van der Waals surface area contributed by atoms with Gasteiger partial charge in [0.1, 0.15) is 0 Å². The highest BCUT2D eigenvalue weighted by molar-refractivity contribution is 9.10. The molecule has 1 heterocycles. The molecule has 0 atom stereocenters. The molecule has 0 bridgehead atoms. The van der Waals surface area contributed by atoms with Crippen LogP contribution < -0.4 is 5.32 Å². The first-order valence-electron chi connectivity index (χ1n) is 8.70. The molecule has 1 aliphatic heterocycles. The van der Waals surface area contributed by atoms with Gasteiger partial charge in [0.05, 0.1) is 4.90 Å². The van der Waals surface area contributed by atoms with Gasteiger partial charge in [-0.15, -0.1) is 0 Å². The van der Waals surface area contributed by atoms with E-state index in [4.69, 9.17) is 0 Å². The number of hydrogen-bond donors (Lipinski definition) is 1. The number of carbonyl (C=O) groups is 2. The number of halogens is 1. The molecule has 1 fully saturated rings. The fraction of sp³-hybridized carbons (Fsp3) is 0.263. The third-order valence-electron chi connectivity index (χ3n) is 4.52. The SMILES string of the molecule is CC(=O)N1CCN(S(=O)(=O)c2ccc(C(=O)Nc3cccc(Br)c3)cc2)CC1. The Morgan fingerprint density at radius 1 is 1.00 bits per heavy atom. The number of rotatable bonds is 4. The minimum Gasteiger partial charge on any atom is -0.340 e. The minimum absolute atomic E-state index is 0.0575. The van der Waals surface area contributed by atoms with Gasteiger partial charge in [-0.25, -0.2) is 8.42 Å². The molecule has 1 N–H and O–H groups in total. The van der Waals surface area contributed by atoms with Crippen LogP contribution in [-0.4, -0.2) is 55.6 Å². The molecule has 28 heavy (non-hydrogen) atoms. The number of anilines is 1. The van der Waals surface area contributed by atoms with Gasteiger partial charge in [-0.3, -0.25) is 9.59 Å². The summed E-state index contributed by atoms with van der Waals surface area (Å²) in [5, 5.41) is 2.77. The molecular formula is C19H20BrN3O4S. The van der Waals surface area contributed by atoms with E-state index in [1.54, 1.807) is 23.1 Å². The van der Waals surface area contributed by atoms with Gasteiger partial charge in [0.25, 0.3) is 5.91 Å². The molecule has 1 saturated heterocycles. The Labute approximate surface area is 172 Å². The number of amides is 2. The van der Waals surface area contributed by atoms with E-state index in [9.17, 15) is 18.0 Å². The molecule has 0 unspecified atom stereocenters. The van der Waals surface area contributed by atoms with Crippen LogP contribution in [0.4, 0.5) is 5.69 Å². The maximum absolute atomic E-state index is 12.8. The van der Waals surface area contributed by atoms with Crippen molar-refractivity contribution in [3.63, 3.8) is 0 Å². The van der Waals surface area contributed by atoms with Crippen molar-refractivity contribution in [2.45, 2.75) is 11.8 Å². The molecule has 0 spiro atoms. The lowest BCUT2D eigenvalue weighted by Crippen LogP contribution is -2.49. The van der Waals surface area contributed by atoms with Crippen LogP contribution >= 0.6 is 15.9 Å². The first-order chi connectivity index (χ1) is 13.3. The zero-order chi connectivity index (χ0) is 20.3. The maximum Gasteiger partial charge on any atom is 0.255 e. The van der Waals surface area contributed by atoms with Gasteiger partial charge in [0, 0.05) is 48.8 Å². The van der Waals surface area contributed by atoms with Crippen molar-refractivity contribution in [2.24, 2.45) is 0 Å². The van der Waals surface area contributed by atoms with Crippen LogP contribution in [0.2, 0.25) is 0 Å². The Morgan fingerprint density at radius 3 is 2.21 bits per heavy atom. The number of piperazine rings is 1. The zero-order valence-electron chi connectivity index (χ0n) is 15.3. The van der Waals surface area contributed by atoms with Crippen molar-refractivity contribution in [1.29, 1.82) is 0 Å². The Hall–Kier alpha value is -2.23. The predicted molar refractivity (Wildman–Crippen MR) is 110 cm³/mol. The van der Waals surface area contributed by atoms with Crippen LogP contribution in [0.1, 0.15) is 17.3 Å². The number of hydrogen-bond acceptors (Lipinski definition) is 4. The number of nitrogens with one attached hydrogen (secondary N) is 1. The van der Waals surface area contributed by atoms with Gasteiger partial charge in [-0.2, -0.15) is 4.31 Å². The van der Waals surface area contributed by atoms with Crippen LogP contribution in [0.5, 0.6) is 0 Å². The molecule has 2 amide bonds. The Kier molecular flexibility index (Phi) is 6.17. The number of carbonyl (C=O) groups excluding carboxylic acids is 2. The topological polar surface area (TPSA) is 86.8 Å². The summed E-state index contributed by atoms with van der Waals surface area (Å²) in [7, 11) is -3.66. The molecule has 2 aromatic carbocycles. The van der Waals surface area contributed by atoms with Gasteiger partial charge in [-0.1, -0.05) is 22.0 Å². The number of nitrogens with zero attached hydrogens (tertiary/aromatic N) is 2. The summed E-state index contributed by atoms with van der Waals surface area (Å²) in [6, 6.07) is 13.1. The van der Waals surface area contributed by atoms with Crippen LogP contribution in [0.15, 0.2) is 57.9 Å². The van der Waals surface area contributed by atoms with E-state index in [1.807, 2.05) is 6.07 Å². The monoisotopic (exact) mass is 465 g/mol. The summed E-state index contributed by atoms with van der Waals surface area (Å²) in [5.74, 6) is -0.380. The summed E-state index contributed by atoms with van der Waals surface area (Å²) >= 11 is 3.34. The molecule has 0 radical (unpaired) electrons. The molecule has 9 heteroatoms. The van der Waals surface area contributed by atoms with Crippen LogP contribution in [0.3, 0.4) is 0 Å². The standard InChI is InChI=1S/C19H20BrN3O4S/c1-14(24)22-9-11-23(12-10-22)28(26,27)18-7-5-15(6-8-18)19(25)21-17-4-2-3-16(20)13-17/h2-8,13H,9-12H2,1H3,(H,21,25). The zero-order valence-corrected chi connectivity index (χ0v) is 17.7. The third-order valence-corrected chi connectivity index (χ3v) is 6.93. The van der Waals surface area contributed by atoms with Gasteiger partial charge in [0.2, 0.25) is 15.9 Å². The van der Waals surface area contributed by atoms with Crippen molar-refractivity contribution in [3.8, 4) is 0 Å². The van der Waals surface area contributed by atoms with Crippen LogP contribution in [0, 0.1) is 0 Å². The summed E-state index contributed by atoms with van der Waals surface area (Å²) in [6.07, 6.45) is 0. The lowest BCUT2D eigenvalue weighted by molar-refractivity contribution is -0.129. The number of benzene rings is 2. The third kappa shape index (κ3) is 4.60. The highest BCUT2D eigenvalue weighted by Crippen LogP contribution is 2.20. The first kappa shape index (κ1) is 20.5. The molecule has 7 nitrogen and oxygen atoms in total. The van der Waals surface area contributed by atoms with E-state index < -0.39 is 10.0 Å². The molecule has 0 saturated carbocycles. The quantitative estimate of drug-likeness (QED) is 0.751. The smallest absolute Gasteiger partial charge is 0.255 e. The predicted octanol–water partition coefficient (Wildman–Crippen LogP) is 2.55. The first-order valence-corrected chi connectivity index (χ1v) is 10.9. The van der Waals surface area contributed by atoms with E-state index in [2.05, 4.69) is 21.2 Å². The van der Waals surface area contributed by atoms with Gasteiger partial charge >= 0.3 is 0 Å². The highest BCUT2D eigenvalue weighted by atomic mass is 79.9. The van der Waals surface area contributed by atoms with Crippen molar-refractivity contribution in [1.82, 2.24) is 9.21 Å². The van der Waals surface area contributed by atoms with Crippen molar-refractivity contribution in [2.75, 3.05) is 31.5 Å². The molecule has 3 rings (SSSR count). The molecule has 1 aliphatic rings. The summed E-state index contributed by atoms with van der Waals surface area (Å²) in [6.45, 7) is 2.74. The van der Waals surface area contributed by atoms with Crippen LogP contribution in [0.25, 0.3) is 0 Å². The molecule has 0 aliphatic carbocycles. The Balaban J connectivity index is 1.69. The van der Waals surface area contributed by atoms with E-state index in [1.165, 1.54) is 35.5 Å². The fourth-order valence-electron chi connectivity index (χ4n) is 2.94. The molecular weight excluding hydrogens is 446 g/mol. The normalized spacial score (nSPS) is 15.3. The average molecular weight is 466 g/mol. The van der Waals surface area contributed by atoms with E-state index in [-0.39, 0.29) is 29.8 Å². The van der Waals surface area contributed by atoms with Gasteiger partial charge < -0.3 is 10.2 Å². The molecule has 2 aromatic rings. The Morgan fingerprint density at radius 2 is 1.64 bits per heavy atom. The lowest BCUT2D eigenvalue weighted by Gasteiger charge is -2.33. The fourth-order valence-corrected chi connectivity index (χ4v) is 4.76. The summed E-state index contributed by atoms with van der Waals surface area (Å²) in [5.41, 5.74) is 1.000. The van der Waals surface area contributed by atoms with E-state index >= 15 is 0 Å². The van der Waals surface area contributed by atoms with E-state index in [0.717, 1.165) is 4.47 Å². The van der Waals surface area contributed by atoms with Crippen molar-refractivity contribution >= 4 is 43.5 Å². The Bertz CT molecular complexity index is 984. The van der Waals surface area contributed by atoms with Crippen LogP contribution in [-0.2, 0) is 14.8 Å². The second kappa shape index (κ2) is 8.42. The molecule has 148 valence electrons. The second-order valence-electron chi connectivity index (χ2n) is 6.40. The lowest BCUT2D eigenvalue weighted by atomic mass is 10.2. The largest absolute Gasteiger partial charge is 0.340 e. The van der Waals surface area contributed by atoms with Crippen molar-refractivity contribution < 1.29 is 18.0 Å². The summed E-state index contributed by atoms with van der Waals surface area (Å²) in [4.78, 5) is 25.5. The number of sulfonamides is 1. The second-order valence-corrected chi connectivity index (χ2v) is 9.25. The minimum atomic E-state index is -3.66. The van der Waals surface area contributed by atoms with Crippen molar-refractivity contribution in [3.05, 3.63) is 58.6 Å². The maximum atomic E-state index is 12.8. The summed E-state index contributed by atoms with van der Waals surface area (Å²) < 4.78 is 27.8.